The molecule has 2 fully saturated rings. The maximum atomic E-state index is 12.5. The molecule has 2 heterocycles. The van der Waals surface area contributed by atoms with E-state index in [4.69, 9.17) is 9.47 Å². The quantitative estimate of drug-likeness (QED) is 0.154. The number of aliphatic hydroxyl groups excluding tert-OH is 8. The first-order chi connectivity index (χ1) is 17.0. The standard InChI is InChI=1S/C23H33NO12/c25-8-15-20(31)22(33)18(29)13(35-15)6-12(27)5-10-1-3-11(4-2-10)24-17(28)7-14-19(30)23(34)21(32)16(9-26)36-14/h1-4,13-16,18-23,25-26,29-34H,5-9H2,(H,24,28)/t13-,14-,15-,16-,18-,19-,20-,21-,22-,23-/m1/s1. The van der Waals surface area contributed by atoms with Gasteiger partial charge in [-0.05, 0) is 17.7 Å². The van der Waals surface area contributed by atoms with Crippen molar-refractivity contribution >= 4 is 17.4 Å². The first kappa shape index (κ1) is 28.5. The lowest BCUT2D eigenvalue weighted by Gasteiger charge is -2.39. The lowest BCUT2D eigenvalue weighted by molar-refractivity contribution is -0.229. The Kier molecular flexibility index (Phi) is 9.88. The molecule has 9 N–H and O–H groups in total. The average Bonchev–Trinajstić information content (AvgIpc) is 2.85. The summed E-state index contributed by atoms with van der Waals surface area (Å²) in [5.41, 5.74) is 0.978. The maximum Gasteiger partial charge on any atom is 0.227 e. The van der Waals surface area contributed by atoms with Gasteiger partial charge in [0.05, 0.1) is 31.8 Å². The second kappa shape index (κ2) is 12.5. The summed E-state index contributed by atoms with van der Waals surface area (Å²) in [6.07, 6.45) is -14.2. The van der Waals surface area contributed by atoms with Gasteiger partial charge in [-0.3, -0.25) is 9.59 Å². The van der Waals surface area contributed by atoms with Crippen LogP contribution in [-0.2, 0) is 25.5 Å². The second-order valence-electron chi connectivity index (χ2n) is 9.10. The number of benzene rings is 1. The minimum Gasteiger partial charge on any atom is -0.394 e. The van der Waals surface area contributed by atoms with Crippen molar-refractivity contribution in [2.75, 3.05) is 18.5 Å². The number of ether oxygens (including phenoxy) is 2. The van der Waals surface area contributed by atoms with Crippen molar-refractivity contribution in [1.82, 2.24) is 0 Å². The number of carbonyl (C=O) groups is 2. The fraction of sp³-hybridized carbons (Fsp3) is 0.652. The van der Waals surface area contributed by atoms with E-state index in [0.29, 0.717) is 11.3 Å². The third kappa shape index (κ3) is 6.63. The number of hydrogen-bond donors (Lipinski definition) is 9. The Balaban J connectivity index is 1.50. The molecule has 36 heavy (non-hydrogen) atoms. The minimum atomic E-state index is -1.58. The molecule has 0 spiro atoms. The molecular weight excluding hydrogens is 482 g/mol. The Morgan fingerprint density at radius 1 is 0.667 bits per heavy atom. The van der Waals surface area contributed by atoms with Crippen molar-refractivity contribution in [2.45, 2.75) is 80.3 Å². The van der Waals surface area contributed by atoms with E-state index in [-0.39, 0.29) is 25.0 Å². The molecule has 0 saturated carbocycles. The topological polar surface area (TPSA) is 226 Å². The number of rotatable bonds is 9. The molecule has 0 aliphatic carbocycles. The molecule has 2 saturated heterocycles. The molecule has 1 aromatic rings. The van der Waals surface area contributed by atoms with Crippen LogP contribution >= 0.6 is 0 Å². The normalized spacial score (nSPS) is 36.9. The Hall–Kier alpha value is -2.04. The SMILES string of the molecule is O=C(Cc1ccc(NC(=O)C[C@H]2O[C@H](CO)[C@@H](O)[C@H](O)[C@@H]2O)cc1)C[C@H]1O[C@H](CO)[C@@H](O)[C@H](O)[C@@H]1O. The Bertz CT molecular complexity index is 807. The molecule has 1 amide bonds. The number of nitrogens with one attached hydrogen (secondary N) is 1. The van der Waals surface area contributed by atoms with Crippen LogP contribution < -0.4 is 5.32 Å². The smallest absolute Gasteiger partial charge is 0.227 e. The number of hydrogen-bond acceptors (Lipinski definition) is 12. The number of Topliss-reactive ketones (excluding diaryl/α,β-unsaturated/α-hetero) is 1. The van der Waals surface area contributed by atoms with Gasteiger partial charge in [0, 0.05) is 18.5 Å². The summed E-state index contributed by atoms with van der Waals surface area (Å²) in [6.45, 7) is -1.18. The van der Waals surface area contributed by atoms with E-state index in [9.17, 15) is 50.4 Å². The van der Waals surface area contributed by atoms with Crippen LogP contribution in [0.2, 0.25) is 0 Å². The van der Waals surface area contributed by atoms with Gasteiger partial charge in [0.15, 0.2) is 0 Å². The minimum absolute atomic E-state index is 0.0336. The van der Waals surface area contributed by atoms with Crippen molar-refractivity contribution in [2.24, 2.45) is 0 Å². The third-order valence-electron chi connectivity index (χ3n) is 6.44. The van der Waals surface area contributed by atoms with Crippen molar-refractivity contribution < 1.29 is 59.9 Å². The van der Waals surface area contributed by atoms with Crippen LogP contribution in [0.4, 0.5) is 5.69 Å². The van der Waals surface area contributed by atoms with Crippen LogP contribution in [0, 0.1) is 0 Å². The summed E-state index contributed by atoms with van der Waals surface area (Å²) < 4.78 is 10.7. The molecule has 2 aliphatic rings. The predicted molar refractivity (Wildman–Crippen MR) is 121 cm³/mol. The highest BCUT2D eigenvalue weighted by molar-refractivity contribution is 5.91. The zero-order valence-corrected chi connectivity index (χ0v) is 19.3. The fourth-order valence-corrected chi connectivity index (χ4v) is 4.32. The number of carbonyl (C=O) groups excluding carboxylic acids is 2. The van der Waals surface area contributed by atoms with Crippen LogP contribution in [-0.4, -0.2) is 127 Å². The zero-order valence-electron chi connectivity index (χ0n) is 19.3. The van der Waals surface area contributed by atoms with Gasteiger partial charge >= 0.3 is 0 Å². The number of aliphatic hydroxyl groups is 8. The molecule has 0 bridgehead atoms. The van der Waals surface area contributed by atoms with Crippen LogP contribution in [0.5, 0.6) is 0 Å². The fourth-order valence-electron chi connectivity index (χ4n) is 4.32. The number of ketones is 1. The molecule has 1 aromatic carbocycles. The summed E-state index contributed by atoms with van der Waals surface area (Å²) in [4.78, 5) is 24.8. The van der Waals surface area contributed by atoms with Crippen LogP contribution in [0.15, 0.2) is 24.3 Å². The first-order valence-electron chi connectivity index (χ1n) is 11.6. The van der Waals surface area contributed by atoms with Crippen molar-refractivity contribution in [1.29, 1.82) is 0 Å². The Morgan fingerprint density at radius 3 is 1.58 bits per heavy atom. The monoisotopic (exact) mass is 515 g/mol. The van der Waals surface area contributed by atoms with Crippen LogP contribution in [0.3, 0.4) is 0 Å². The van der Waals surface area contributed by atoms with Crippen LogP contribution in [0.25, 0.3) is 0 Å². The number of amides is 1. The highest BCUT2D eigenvalue weighted by Gasteiger charge is 2.45. The average molecular weight is 516 g/mol. The molecule has 202 valence electrons. The van der Waals surface area contributed by atoms with Crippen LogP contribution in [0.1, 0.15) is 18.4 Å². The number of anilines is 1. The molecule has 0 radical (unpaired) electrons. The largest absolute Gasteiger partial charge is 0.394 e. The summed E-state index contributed by atoms with van der Waals surface area (Å²) in [7, 11) is 0. The lowest BCUT2D eigenvalue weighted by Crippen LogP contribution is -2.59. The second-order valence-corrected chi connectivity index (χ2v) is 9.10. The Labute approximate surface area is 206 Å². The van der Waals surface area contributed by atoms with E-state index in [1.165, 1.54) is 0 Å². The molecule has 10 atom stereocenters. The van der Waals surface area contributed by atoms with Gasteiger partial charge in [0.1, 0.15) is 54.6 Å². The van der Waals surface area contributed by atoms with E-state index in [0.717, 1.165) is 0 Å². The van der Waals surface area contributed by atoms with Gasteiger partial charge in [-0.2, -0.15) is 0 Å². The van der Waals surface area contributed by atoms with Crippen molar-refractivity contribution in [3.8, 4) is 0 Å². The van der Waals surface area contributed by atoms with E-state index in [1.807, 2.05) is 0 Å². The predicted octanol–water partition coefficient (Wildman–Crippen LogP) is -3.80. The summed E-state index contributed by atoms with van der Waals surface area (Å²) in [5, 5.41) is 80.5. The molecule has 13 nitrogen and oxygen atoms in total. The molecule has 2 aliphatic heterocycles. The Morgan fingerprint density at radius 2 is 1.11 bits per heavy atom. The lowest BCUT2D eigenvalue weighted by atomic mass is 9.91. The zero-order chi connectivity index (χ0) is 26.6. The van der Waals surface area contributed by atoms with Crippen molar-refractivity contribution in [3.63, 3.8) is 0 Å². The van der Waals surface area contributed by atoms with Gasteiger partial charge in [0.2, 0.25) is 5.91 Å². The first-order valence-corrected chi connectivity index (χ1v) is 11.6. The summed E-state index contributed by atoms with van der Waals surface area (Å²) in [5.74, 6) is -0.871. The molecular formula is C23H33NO12. The van der Waals surface area contributed by atoms with Crippen molar-refractivity contribution in [3.05, 3.63) is 29.8 Å². The highest BCUT2D eigenvalue weighted by atomic mass is 16.6. The maximum absolute atomic E-state index is 12.5. The van der Waals surface area contributed by atoms with E-state index >= 15 is 0 Å². The van der Waals surface area contributed by atoms with Gasteiger partial charge < -0.3 is 55.6 Å². The van der Waals surface area contributed by atoms with E-state index in [1.54, 1.807) is 24.3 Å². The highest BCUT2D eigenvalue weighted by Crippen LogP contribution is 2.25. The third-order valence-corrected chi connectivity index (χ3v) is 6.44. The summed E-state index contributed by atoms with van der Waals surface area (Å²) in [6, 6.07) is 6.27. The molecule has 0 unspecified atom stereocenters. The van der Waals surface area contributed by atoms with E-state index in [2.05, 4.69) is 5.32 Å². The van der Waals surface area contributed by atoms with Gasteiger partial charge in [-0.25, -0.2) is 0 Å². The molecule has 0 aromatic heterocycles. The molecule has 3 rings (SSSR count). The van der Waals surface area contributed by atoms with Gasteiger partial charge in [-0.15, -0.1) is 0 Å². The van der Waals surface area contributed by atoms with E-state index < -0.39 is 80.2 Å². The summed E-state index contributed by atoms with van der Waals surface area (Å²) >= 11 is 0. The van der Waals surface area contributed by atoms with Gasteiger partial charge in [0.25, 0.3) is 0 Å². The van der Waals surface area contributed by atoms with Gasteiger partial charge in [-0.1, -0.05) is 12.1 Å². The molecule has 13 heteroatoms.